The zero-order valence-electron chi connectivity index (χ0n) is 11.0. The maximum absolute atomic E-state index is 11.5. The molecule has 18 heavy (non-hydrogen) atoms. The van der Waals surface area contributed by atoms with E-state index in [2.05, 4.69) is 29.0 Å². The van der Waals surface area contributed by atoms with E-state index in [0.29, 0.717) is 18.9 Å². The largest absolute Gasteiger partial charge is 0.396 e. The summed E-state index contributed by atoms with van der Waals surface area (Å²) in [4.78, 5) is 12.9. The van der Waals surface area contributed by atoms with Crippen LogP contribution < -0.4 is 10.6 Å². The molecular formula is C13H22N2O2S. The number of aliphatic hydroxyl groups excluding tert-OH is 1. The number of amides is 2. The Bertz CT molecular complexity index is 341. The van der Waals surface area contributed by atoms with Gasteiger partial charge in [-0.05, 0) is 37.1 Å². The maximum atomic E-state index is 11.5. The summed E-state index contributed by atoms with van der Waals surface area (Å²) in [6.45, 7) is 4.76. The first-order valence-corrected chi connectivity index (χ1v) is 7.17. The van der Waals surface area contributed by atoms with E-state index in [1.165, 1.54) is 4.88 Å². The van der Waals surface area contributed by atoms with E-state index < -0.39 is 0 Å². The Morgan fingerprint density at radius 2 is 2.28 bits per heavy atom. The van der Waals surface area contributed by atoms with E-state index in [1.807, 2.05) is 13.0 Å². The van der Waals surface area contributed by atoms with Crippen molar-refractivity contribution in [2.24, 2.45) is 5.92 Å². The zero-order chi connectivity index (χ0) is 13.4. The van der Waals surface area contributed by atoms with Crippen molar-refractivity contribution in [3.8, 4) is 0 Å². The first-order valence-electron chi connectivity index (χ1n) is 6.29. The Hall–Kier alpha value is -1.07. The minimum absolute atomic E-state index is 0.00241. The lowest BCUT2D eigenvalue weighted by Gasteiger charge is -2.15. The summed E-state index contributed by atoms with van der Waals surface area (Å²) < 4.78 is 0. The third kappa shape index (κ3) is 6.02. The lowest BCUT2D eigenvalue weighted by Crippen LogP contribution is -2.42. The van der Waals surface area contributed by atoms with Crippen molar-refractivity contribution in [3.63, 3.8) is 0 Å². The Labute approximate surface area is 112 Å². The van der Waals surface area contributed by atoms with Crippen molar-refractivity contribution in [1.82, 2.24) is 10.6 Å². The van der Waals surface area contributed by atoms with Crippen LogP contribution in [-0.4, -0.2) is 30.3 Å². The highest BCUT2D eigenvalue weighted by molar-refractivity contribution is 7.09. The van der Waals surface area contributed by atoms with Gasteiger partial charge in [0.15, 0.2) is 0 Å². The highest BCUT2D eigenvalue weighted by atomic mass is 32.1. The number of hydrogen-bond acceptors (Lipinski definition) is 3. The van der Waals surface area contributed by atoms with Crippen molar-refractivity contribution in [2.45, 2.75) is 32.7 Å². The van der Waals surface area contributed by atoms with Crippen LogP contribution in [0.1, 0.15) is 25.1 Å². The summed E-state index contributed by atoms with van der Waals surface area (Å²) >= 11 is 1.75. The molecule has 2 amide bonds. The number of urea groups is 1. The maximum Gasteiger partial charge on any atom is 0.315 e. The molecule has 0 fully saturated rings. The van der Waals surface area contributed by atoms with E-state index in [-0.39, 0.29) is 18.7 Å². The number of nitrogens with one attached hydrogen (secondary N) is 2. The molecule has 1 unspecified atom stereocenters. The van der Waals surface area contributed by atoms with E-state index in [4.69, 9.17) is 5.11 Å². The third-order valence-corrected chi connectivity index (χ3v) is 3.58. The molecule has 0 aromatic carbocycles. The minimum atomic E-state index is -0.158. The highest BCUT2D eigenvalue weighted by Crippen LogP contribution is 2.13. The normalized spacial score (nSPS) is 13.9. The van der Waals surface area contributed by atoms with Gasteiger partial charge >= 0.3 is 6.03 Å². The fourth-order valence-electron chi connectivity index (χ4n) is 1.65. The van der Waals surface area contributed by atoms with E-state index in [1.54, 1.807) is 11.3 Å². The van der Waals surface area contributed by atoms with Gasteiger partial charge in [-0.15, -0.1) is 11.3 Å². The van der Waals surface area contributed by atoms with Gasteiger partial charge in [0.2, 0.25) is 0 Å². The molecule has 0 saturated heterocycles. The van der Waals surface area contributed by atoms with Crippen LogP contribution in [0.5, 0.6) is 0 Å². The monoisotopic (exact) mass is 270 g/mol. The highest BCUT2D eigenvalue weighted by Gasteiger charge is 2.09. The lowest BCUT2D eigenvalue weighted by molar-refractivity contribution is 0.229. The molecule has 0 radical (unpaired) electrons. The molecule has 2 atom stereocenters. The number of carbonyl (C=O) groups is 1. The molecule has 0 aliphatic heterocycles. The van der Waals surface area contributed by atoms with Crippen molar-refractivity contribution in [2.75, 3.05) is 13.2 Å². The van der Waals surface area contributed by atoms with Crippen molar-refractivity contribution in [3.05, 3.63) is 22.4 Å². The van der Waals surface area contributed by atoms with Gasteiger partial charge in [-0.25, -0.2) is 4.79 Å². The topological polar surface area (TPSA) is 61.4 Å². The van der Waals surface area contributed by atoms with Crippen molar-refractivity contribution < 1.29 is 9.90 Å². The number of rotatable bonds is 7. The third-order valence-electron chi connectivity index (χ3n) is 2.68. The smallest absolute Gasteiger partial charge is 0.315 e. The molecule has 3 N–H and O–H groups in total. The number of thiophene rings is 1. The van der Waals surface area contributed by atoms with Gasteiger partial charge in [0.1, 0.15) is 0 Å². The van der Waals surface area contributed by atoms with Gasteiger partial charge in [-0.2, -0.15) is 0 Å². The summed E-state index contributed by atoms with van der Waals surface area (Å²) in [6.07, 6.45) is 1.57. The summed E-state index contributed by atoms with van der Waals surface area (Å²) in [6, 6.07) is 4.00. The molecule has 0 aliphatic carbocycles. The Kier molecular flexibility index (Phi) is 6.75. The van der Waals surface area contributed by atoms with Crippen LogP contribution in [0.25, 0.3) is 0 Å². The molecule has 1 aromatic rings. The van der Waals surface area contributed by atoms with Crippen LogP contribution in [0, 0.1) is 5.92 Å². The zero-order valence-corrected chi connectivity index (χ0v) is 11.8. The summed E-state index contributed by atoms with van der Waals surface area (Å²) in [5.74, 6) is 0.419. The molecule has 4 nitrogen and oxygen atoms in total. The lowest BCUT2D eigenvalue weighted by atomic mass is 10.1. The molecule has 0 bridgehead atoms. The molecule has 0 aliphatic rings. The van der Waals surface area contributed by atoms with Gasteiger partial charge < -0.3 is 15.7 Å². The van der Waals surface area contributed by atoms with E-state index >= 15 is 0 Å². The molecule has 102 valence electrons. The van der Waals surface area contributed by atoms with E-state index in [9.17, 15) is 4.79 Å². The molecular weight excluding hydrogens is 248 g/mol. The fraction of sp³-hybridized carbons (Fsp3) is 0.615. The second-order valence-corrected chi connectivity index (χ2v) is 5.69. The summed E-state index contributed by atoms with van der Waals surface area (Å²) in [5, 5.41) is 16.5. The van der Waals surface area contributed by atoms with Gasteiger partial charge in [-0.1, -0.05) is 13.0 Å². The minimum Gasteiger partial charge on any atom is -0.396 e. The molecule has 1 rings (SSSR count). The van der Waals surface area contributed by atoms with Gasteiger partial charge in [0, 0.05) is 24.1 Å². The standard InChI is InChI=1S/C13H22N2O2S/c1-10(8-12-4-3-7-18-12)9-14-13(17)15-11(2)5-6-16/h3-4,7,10-11,16H,5-6,8-9H2,1-2H3,(H2,14,15,17)/t10?,11-/m1/s1. The predicted molar refractivity (Wildman–Crippen MR) is 74.9 cm³/mol. The molecule has 0 saturated carbocycles. The Balaban J connectivity index is 2.17. The average Bonchev–Trinajstić information content (AvgIpc) is 2.79. The summed E-state index contributed by atoms with van der Waals surface area (Å²) in [7, 11) is 0. The number of aliphatic hydroxyl groups is 1. The van der Waals surface area contributed by atoms with Gasteiger partial charge in [-0.3, -0.25) is 0 Å². The van der Waals surface area contributed by atoms with Crippen molar-refractivity contribution in [1.29, 1.82) is 0 Å². The van der Waals surface area contributed by atoms with Crippen LogP contribution in [0.4, 0.5) is 4.79 Å². The quantitative estimate of drug-likeness (QED) is 0.709. The van der Waals surface area contributed by atoms with E-state index in [0.717, 1.165) is 6.42 Å². The Morgan fingerprint density at radius 3 is 2.89 bits per heavy atom. The first-order chi connectivity index (χ1) is 8.61. The fourth-order valence-corrected chi connectivity index (χ4v) is 2.52. The molecule has 1 heterocycles. The van der Waals surface area contributed by atoms with Crippen LogP contribution in [0.3, 0.4) is 0 Å². The van der Waals surface area contributed by atoms with Crippen molar-refractivity contribution >= 4 is 17.4 Å². The predicted octanol–water partition coefficient (Wildman–Crippen LogP) is 2.00. The van der Waals surface area contributed by atoms with Crippen LogP contribution in [-0.2, 0) is 6.42 Å². The summed E-state index contributed by atoms with van der Waals surface area (Å²) in [5.41, 5.74) is 0. The number of hydrogen-bond donors (Lipinski definition) is 3. The van der Waals surface area contributed by atoms with Gasteiger partial charge in [0.25, 0.3) is 0 Å². The Morgan fingerprint density at radius 1 is 1.50 bits per heavy atom. The van der Waals surface area contributed by atoms with Crippen LogP contribution >= 0.6 is 11.3 Å². The SMILES string of the molecule is CC(CNC(=O)N[C@H](C)CCO)Cc1cccs1. The van der Waals surface area contributed by atoms with Gasteiger partial charge in [0.05, 0.1) is 0 Å². The molecule has 1 aromatic heterocycles. The molecule has 0 spiro atoms. The van der Waals surface area contributed by atoms with Crippen LogP contribution in [0.2, 0.25) is 0 Å². The second kappa shape index (κ2) is 8.11. The first kappa shape index (κ1) is 15.0. The molecule has 5 heteroatoms. The van der Waals surface area contributed by atoms with Crippen LogP contribution in [0.15, 0.2) is 17.5 Å². The number of carbonyl (C=O) groups excluding carboxylic acids is 1. The average molecular weight is 270 g/mol. The second-order valence-electron chi connectivity index (χ2n) is 4.66.